The third kappa shape index (κ3) is 2.83. The Hall–Kier alpha value is -1.87. The summed E-state index contributed by atoms with van der Waals surface area (Å²) < 4.78 is 5.29. The molecule has 2 heterocycles. The van der Waals surface area contributed by atoms with Gasteiger partial charge >= 0.3 is 0 Å². The molecule has 0 unspecified atom stereocenters. The summed E-state index contributed by atoms with van der Waals surface area (Å²) in [7, 11) is 1.69. The summed E-state index contributed by atoms with van der Waals surface area (Å²) in [6.07, 6.45) is 4.43. The second-order valence-corrected chi connectivity index (χ2v) is 5.25. The van der Waals surface area contributed by atoms with E-state index in [-0.39, 0.29) is 0 Å². The number of ether oxygens (including phenoxy) is 1. The van der Waals surface area contributed by atoms with Crippen molar-refractivity contribution in [3.8, 4) is 17.0 Å². The minimum absolute atomic E-state index is 0.608. The maximum Gasteiger partial charge on any atom is 0.119 e. The molecule has 2 aromatic rings. The van der Waals surface area contributed by atoms with Crippen LogP contribution in [-0.2, 0) is 0 Å². The number of hydrogen-bond donors (Lipinski definition) is 1. The third-order valence-corrected chi connectivity index (χ3v) is 3.92. The van der Waals surface area contributed by atoms with Crippen LogP contribution in [0.5, 0.6) is 5.75 Å². The van der Waals surface area contributed by atoms with Gasteiger partial charge in [-0.1, -0.05) is 12.1 Å². The van der Waals surface area contributed by atoms with Crippen molar-refractivity contribution in [1.29, 1.82) is 0 Å². The highest BCUT2D eigenvalue weighted by Gasteiger charge is 2.15. The van der Waals surface area contributed by atoms with Crippen LogP contribution in [-0.4, -0.2) is 25.2 Å². The molecule has 1 aliphatic heterocycles. The molecule has 1 fully saturated rings. The Labute approximate surface area is 120 Å². The molecule has 1 saturated heterocycles. The van der Waals surface area contributed by atoms with Crippen molar-refractivity contribution >= 4 is 0 Å². The molecule has 0 spiro atoms. The van der Waals surface area contributed by atoms with Gasteiger partial charge in [-0.05, 0) is 55.1 Å². The summed E-state index contributed by atoms with van der Waals surface area (Å²) in [5, 5.41) is 3.47. The monoisotopic (exact) mass is 268 g/mol. The van der Waals surface area contributed by atoms with E-state index in [4.69, 9.17) is 4.74 Å². The predicted octanol–water partition coefficient (Wildman–Crippen LogP) is 3.22. The molecule has 20 heavy (non-hydrogen) atoms. The SMILES string of the molecule is COc1cccc(-c2cc([C@@H]3CCCNC3)ccn2)c1. The van der Waals surface area contributed by atoms with Crippen molar-refractivity contribution in [3.05, 3.63) is 48.2 Å². The molecule has 0 radical (unpaired) electrons. The second kappa shape index (κ2) is 6.06. The first kappa shape index (κ1) is 13.1. The van der Waals surface area contributed by atoms with E-state index in [1.165, 1.54) is 18.4 Å². The van der Waals surface area contributed by atoms with Gasteiger partial charge in [0.15, 0.2) is 0 Å². The fourth-order valence-electron chi connectivity index (χ4n) is 2.78. The van der Waals surface area contributed by atoms with Gasteiger partial charge in [0.2, 0.25) is 0 Å². The zero-order valence-corrected chi connectivity index (χ0v) is 11.8. The number of hydrogen-bond acceptors (Lipinski definition) is 3. The molecular formula is C17H20N2O. The largest absolute Gasteiger partial charge is 0.497 e. The van der Waals surface area contributed by atoms with Gasteiger partial charge < -0.3 is 10.1 Å². The van der Waals surface area contributed by atoms with E-state index in [1.807, 2.05) is 24.4 Å². The van der Waals surface area contributed by atoms with Crippen molar-refractivity contribution in [1.82, 2.24) is 10.3 Å². The van der Waals surface area contributed by atoms with Crippen LogP contribution in [0, 0.1) is 0 Å². The van der Waals surface area contributed by atoms with Gasteiger partial charge in [0.25, 0.3) is 0 Å². The zero-order valence-electron chi connectivity index (χ0n) is 11.8. The highest BCUT2D eigenvalue weighted by Crippen LogP contribution is 2.27. The summed E-state index contributed by atoms with van der Waals surface area (Å²) >= 11 is 0. The Morgan fingerprint density at radius 3 is 3.00 bits per heavy atom. The number of nitrogens with one attached hydrogen (secondary N) is 1. The Morgan fingerprint density at radius 1 is 1.25 bits per heavy atom. The van der Waals surface area contributed by atoms with Gasteiger partial charge in [-0.25, -0.2) is 0 Å². The molecule has 1 aliphatic rings. The van der Waals surface area contributed by atoms with Crippen molar-refractivity contribution in [2.45, 2.75) is 18.8 Å². The summed E-state index contributed by atoms with van der Waals surface area (Å²) in [6, 6.07) is 12.4. The number of aromatic nitrogens is 1. The van der Waals surface area contributed by atoms with Gasteiger partial charge in [-0.2, -0.15) is 0 Å². The number of piperidine rings is 1. The van der Waals surface area contributed by atoms with Crippen LogP contribution in [0.4, 0.5) is 0 Å². The average molecular weight is 268 g/mol. The molecule has 0 bridgehead atoms. The lowest BCUT2D eigenvalue weighted by Gasteiger charge is -2.23. The van der Waals surface area contributed by atoms with E-state index in [2.05, 4.69) is 28.5 Å². The van der Waals surface area contributed by atoms with E-state index in [9.17, 15) is 0 Å². The molecule has 3 rings (SSSR count). The quantitative estimate of drug-likeness (QED) is 0.928. The standard InChI is InChI=1S/C17H20N2O/c1-20-16-6-2-4-14(10-16)17-11-13(7-9-19-17)15-5-3-8-18-12-15/h2,4,6-7,9-11,15,18H,3,5,8,12H2,1H3/t15-/m1/s1. The Morgan fingerprint density at radius 2 is 2.20 bits per heavy atom. The first-order chi connectivity index (χ1) is 9.86. The molecular weight excluding hydrogens is 248 g/mol. The van der Waals surface area contributed by atoms with E-state index in [1.54, 1.807) is 7.11 Å². The fourth-order valence-corrected chi connectivity index (χ4v) is 2.78. The maximum absolute atomic E-state index is 5.29. The van der Waals surface area contributed by atoms with Gasteiger partial charge in [0.1, 0.15) is 5.75 Å². The van der Waals surface area contributed by atoms with Crippen LogP contribution in [0.1, 0.15) is 24.3 Å². The normalized spacial score (nSPS) is 18.8. The first-order valence-corrected chi connectivity index (χ1v) is 7.18. The molecule has 1 aromatic carbocycles. The zero-order chi connectivity index (χ0) is 13.8. The van der Waals surface area contributed by atoms with Crippen LogP contribution in [0.3, 0.4) is 0 Å². The van der Waals surface area contributed by atoms with E-state index in [0.717, 1.165) is 30.1 Å². The van der Waals surface area contributed by atoms with E-state index < -0.39 is 0 Å². The number of nitrogens with zero attached hydrogens (tertiary/aromatic N) is 1. The first-order valence-electron chi connectivity index (χ1n) is 7.18. The van der Waals surface area contributed by atoms with E-state index >= 15 is 0 Å². The van der Waals surface area contributed by atoms with Gasteiger partial charge in [-0.3, -0.25) is 4.98 Å². The van der Waals surface area contributed by atoms with Crippen LogP contribution < -0.4 is 10.1 Å². The lowest BCUT2D eigenvalue weighted by molar-refractivity contribution is 0.415. The molecule has 0 amide bonds. The van der Waals surface area contributed by atoms with E-state index in [0.29, 0.717) is 5.92 Å². The Kier molecular flexibility index (Phi) is 3.97. The number of pyridine rings is 1. The van der Waals surface area contributed by atoms with Crippen molar-refractivity contribution in [3.63, 3.8) is 0 Å². The predicted molar refractivity (Wildman–Crippen MR) is 81.1 cm³/mol. The van der Waals surface area contributed by atoms with Crippen molar-refractivity contribution in [2.24, 2.45) is 0 Å². The van der Waals surface area contributed by atoms with Crippen LogP contribution in [0.25, 0.3) is 11.3 Å². The minimum Gasteiger partial charge on any atom is -0.497 e. The number of benzene rings is 1. The average Bonchev–Trinajstić information content (AvgIpc) is 2.56. The third-order valence-electron chi connectivity index (χ3n) is 3.92. The second-order valence-electron chi connectivity index (χ2n) is 5.25. The lowest BCUT2D eigenvalue weighted by Crippen LogP contribution is -2.28. The summed E-state index contributed by atoms with van der Waals surface area (Å²) in [5.74, 6) is 1.48. The molecule has 1 N–H and O–H groups in total. The summed E-state index contributed by atoms with van der Waals surface area (Å²) in [6.45, 7) is 2.21. The topological polar surface area (TPSA) is 34.1 Å². The fraction of sp³-hybridized carbons (Fsp3) is 0.353. The number of methoxy groups -OCH3 is 1. The summed E-state index contributed by atoms with van der Waals surface area (Å²) in [5.41, 5.74) is 3.51. The molecule has 0 aliphatic carbocycles. The molecule has 1 atom stereocenters. The molecule has 104 valence electrons. The lowest BCUT2D eigenvalue weighted by atomic mass is 9.91. The minimum atomic E-state index is 0.608. The highest BCUT2D eigenvalue weighted by molar-refractivity contribution is 5.61. The molecule has 0 saturated carbocycles. The van der Waals surface area contributed by atoms with Crippen molar-refractivity contribution < 1.29 is 4.74 Å². The molecule has 3 heteroatoms. The van der Waals surface area contributed by atoms with Gasteiger partial charge in [-0.15, -0.1) is 0 Å². The van der Waals surface area contributed by atoms with Gasteiger partial charge in [0.05, 0.1) is 12.8 Å². The summed E-state index contributed by atoms with van der Waals surface area (Å²) in [4.78, 5) is 4.50. The Bertz CT molecular complexity index is 577. The Balaban J connectivity index is 1.89. The van der Waals surface area contributed by atoms with Crippen LogP contribution in [0.2, 0.25) is 0 Å². The number of rotatable bonds is 3. The molecule has 3 nitrogen and oxygen atoms in total. The highest BCUT2D eigenvalue weighted by atomic mass is 16.5. The van der Waals surface area contributed by atoms with Crippen LogP contribution >= 0.6 is 0 Å². The van der Waals surface area contributed by atoms with Gasteiger partial charge in [0, 0.05) is 18.3 Å². The smallest absolute Gasteiger partial charge is 0.119 e. The maximum atomic E-state index is 5.29. The molecule has 1 aromatic heterocycles. The van der Waals surface area contributed by atoms with Crippen molar-refractivity contribution in [2.75, 3.05) is 20.2 Å². The van der Waals surface area contributed by atoms with Crippen LogP contribution in [0.15, 0.2) is 42.6 Å².